The predicted octanol–water partition coefficient (Wildman–Crippen LogP) is 5.46. The van der Waals surface area contributed by atoms with Gasteiger partial charge in [-0.15, -0.1) is 0 Å². The molecule has 0 N–H and O–H groups in total. The largest absolute Gasteiger partial charge is 0.295 e. The summed E-state index contributed by atoms with van der Waals surface area (Å²) >= 11 is 0. The summed E-state index contributed by atoms with van der Waals surface area (Å²) in [5.41, 5.74) is 3.47. The minimum absolute atomic E-state index is 0.189. The summed E-state index contributed by atoms with van der Waals surface area (Å²) < 4.78 is 0. The Morgan fingerprint density at radius 2 is 1.95 bits per heavy atom. The first-order valence-corrected chi connectivity index (χ1v) is 9.44. The third kappa shape index (κ3) is 1.74. The van der Waals surface area contributed by atoms with Crippen LogP contribution in [-0.4, -0.2) is 5.78 Å². The van der Waals surface area contributed by atoms with Crippen LogP contribution in [0.15, 0.2) is 23.3 Å². The number of carbonyl (C=O) groups excluding carboxylic acids is 1. The molecule has 2 saturated carbocycles. The van der Waals surface area contributed by atoms with Crippen molar-refractivity contribution < 1.29 is 4.79 Å². The SMILES string of the molecule is CCC1=CCC2C3CC(=O)C4=CCCCC4(C)C3CCC12C. The fourth-order valence-electron chi connectivity index (χ4n) is 6.79. The molecule has 1 nitrogen and oxygen atoms in total. The van der Waals surface area contributed by atoms with E-state index in [2.05, 4.69) is 32.9 Å². The van der Waals surface area contributed by atoms with Crippen LogP contribution in [0.4, 0.5) is 0 Å². The van der Waals surface area contributed by atoms with Gasteiger partial charge >= 0.3 is 0 Å². The Labute approximate surface area is 135 Å². The molecule has 0 spiro atoms. The van der Waals surface area contributed by atoms with Gasteiger partial charge in [0.25, 0.3) is 0 Å². The van der Waals surface area contributed by atoms with Gasteiger partial charge < -0.3 is 0 Å². The smallest absolute Gasteiger partial charge is 0.159 e. The normalized spacial score (nSPS) is 47.2. The molecule has 0 aromatic heterocycles. The molecule has 0 radical (unpaired) electrons. The Kier molecular flexibility index (Phi) is 3.23. The first-order chi connectivity index (χ1) is 10.5. The highest BCUT2D eigenvalue weighted by atomic mass is 16.1. The fraction of sp³-hybridized carbons (Fsp3) is 0.762. The minimum Gasteiger partial charge on any atom is -0.295 e. The van der Waals surface area contributed by atoms with Crippen LogP contribution in [0.3, 0.4) is 0 Å². The van der Waals surface area contributed by atoms with Crippen molar-refractivity contribution in [1.29, 1.82) is 0 Å². The Balaban J connectivity index is 1.72. The van der Waals surface area contributed by atoms with Gasteiger partial charge in [-0.25, -0.2) is 0 Å². The van der Waals surface area contributed by atoms with E-state index in [1.54, 1.807) is 5.57 Å². The van der Waals surface area contributed by atoms with Crippen molar-refractivity contribution in [3.05, 3.63) is 23.3 Å². The van der Waals surface area contributed by atoms with Gasteiger partial charge in [0.15, 0.2) is 5.78 Å². The molecular weight excluding hydrogens is 268 g/mol. The summed E-state index contributed by atoms with van der Waals surface area (Å²) in [5.74, 6) is 2.59. The number of hydrogen-bond donors (Lipinski definition) is 0. The van der Waals surface area contributed by atoms with Crippen LogP contribution < -0.4 is 0 Å². The summed E-state index contributed by atoms with van der Waals surface area (Å²) in [4.78, 5) is 12.8. The molecule has 0 saturated heterocycles. The first-order valence-electron chi connectivity index (χ1n) is 9.44. The maximum Gasteiger partial charge on any atom is 0.159 e. The van der Waals surface area contributed by atoms with Crippen molar-refractivity contribution in [1.82, 2.24) is 0 Å². The van der Waals surface area contributed by atoms with Gasteiger partial charge in [-0.3, -0.25) is 4.79 Å². The highest BCUT2D eigenvalue weighted by Gasteiger charge is 2.58. The summed E-state index contributed by atoms with van der Waals surface area (Å²) in [6, 6.07) is 0. The van der Waals surface area contributed by atoms with Gasteiger partial charge in [0.1, 0.15) is 0 Å². The topological polar surface area (TPSA) is 17.1 Å². The van der Waals surface area contributed by atoms with Crippen molar-refractivity contribution in [3.63, 3.8) is 0 Å². The van der Waals surface area contributed by atoms with E-state index in [4.69, 9.17) is 0 Å². The second-order valence-corrected chi connectivity index (χ2v) is 8.71. The van der Waals surface area contributed by atoms with Crippen molar-refractivity contribution in [2.24, 2.45) is 28.6 Å². The minimum atomic E-state index is 0.189. The second-order valence-electron chi connectivity index (χ2n) is 8.71. The lowest BCUT2D eigenvalue weighted by molar-refractivity contribution is -0.127. The summed E-state index contributed by atoms with van der Waals surface area (Å²) in [6.07, 6.45) is 14.4. The molecule has 22 heavy (non-hydrogen) atoms. The Hall–Kier alpha value is -0.850. The Morgan fingerprint density at radius 1 is 1.14 bits per heavy atom. The fourth-order valence-corrected chi connectivity index (χ4v) is 6.79. The van der Waals surface area contributed by atoms with Gasteiger partial charge in [-0.2, -0.15) is 0 Å². The van der Waals surface area contributed by atoms with Crippen LogP contribution in [0.25, 0.3) is 0 Å². The van der Waals surface area contributed by atoms with E-state index in [1.807, 2.05) is 0 Å². The third-order valence-corrected chi connectivity index (χ3v) is 7.96. The number of ketones is 1. The molecule has 0 aliphatic heterocycles. The van der Waals surface area contributed by atoms with E-state index in [0.29, 0.717) is 17.1 Å². The maximum atomic E-state index is 12.8. The molecular formula is C21H30O. The number of fused-ring (bicyclic) bond motifs is 5. The van der Waals surface area contributed by atoms with Crippen LogP contribution in [0, 0.1) is 28.6 Å². The number of carbonyl (C=O) groups is 1. The number of allylic oxidation sites excluding steroid dienone is 4. The average molecular weight is 298 g/mol. The molecule has 0 aromatic rings. The molecule has 0 bridgehead atoms. The molecule has 4 aliphatic rings. The van der Waals surface area contributed by atoms with Crippen LogP contribution in [0.1, 0.15) is 72.1 Å². The van der Waals surface area contributed by atoms with Crippen LogP contribution in [0.2, 0.25) is 0 Å². The molecule has 0 heterocycles. The third-order valence-electron chi connectivity index (χ3n) is 7.96. The standard InChI is InChI=1S/C21H30O/c1-4-14-8-9-16-15-13-19(22)18-7-5-6-11-21(18,3)17(15)10-12-20(14,16)2/h7-8,15-17H,4-6,9-13H2,1-3H3. The molecule has 0 amide bonds. The van der Waals surface area contributed by atoms with Crippen LogP contribution in [0.5, 0.6) is 0 Å². The zero-order valence-corrected chi connectivity index (χ0v) is 14.5. The van der Waals surface area contributed by atoms with Crippen molar-refractivity contribution in [2.45, 2.75) is 72.1 Å². The van der Waals surface area contributed by atoms with Crippen LogP contribution in [-0.2, 0) is 4.79 Å². The molecule has 4 aliphatic carbocycles. The molecule has 1 heteroatoms. The summed E-state index contributed by atoms with van der Waals surface area (Å²) in [6.45, 7) is 7.22. The van der Waals surface area contributed by atoms with Gasteiger partial charge in [-0.1, -0.05) is 38.5 Å². The molecule has 2 fully saturated rings. The average Bonchev–Trinajstić information content (AvgIpc) is 2.84. The van der Waals surface area contributed by atoms with E-state index in [9.17, 15) is 4.79 Å². The molecule has 5 atom stereocenters. The van der Waals surface area contributed by atoms with Gasteiger partial charge in [0, 0.05) is 6.42 Å². The second kappa shape index (κ2) is 4.82. The van der Waals surface area contributed by atoms with Crippen molar-refractivity contribution in [3.8, 4) is 0 Å². The number of hydrogen-bond acceptors (Lipinski definition) is 1. The lowest BCUT2D eigenvalue weighted by Gasteiger charge is -2.57. The predicted molar refractivity (Wildman–Crippen MR) is 90.5 cm³/mol. The van der Waals surface area contributed by atoms with Crippen LogP contribution >= 0.6 is 0 Å². The molecule has 0 aromatic carbocycles. The van der Waals surface area contributed by atoms with E-state index >= 15 is 0 Å². The highest BCUT2D eigenvalue weighted by Crippen LogP contribution is 2.65. The number of rotatable bonds is 1. The Morgan fingerprint density at radius 3 is 2.73 bits per heavy atom. The summed E-state index contributed by atoms with van der Waals surface area (Å²) in [5, 5.41) is 0. The first kappa shape index (κ1) is 14.7. The van der Waals surface area contributed by atoms with E-state index < -0.39 is 0 Å². The zero-order valence-electron chi connectivity index (χ0n) is 14.5. The Bertz CT molecular complexity index is 568. The lowest BCUT2D eigenvalue weighted by Crippen LogP contribution is -2.52. The van der Waals surface area contributed by atoms with Crippen molar-refractivity contribution in [2.75, 3.05) is 0 Å². The van der Waals surface area contributed by atoms with E-state index in [0.717, 1.165) is 24.7 Å². The summed E-state index contributed by atoms with van der Waals surface area (Å²) in [7, 11) is 0. The highest BCUT2D eigenvalue weighted by molar-refractivity contribution is 5.98. The van der Waals surface area contributed by atoms with E-state index in [1.165, 1.54) is 44.1 Å². The monoisotopic (exact) mass is 298 g/mol. The molecule has 4 rings (SSSR count). The zero-order chi connectivity index (χ0) is 15.5. The molecule has 5 unspecified atom stereocenters. The number of Topliss-reactive ketones (excluding diaryl/α,β-unsaturated/α-hetero) is 1. The quantitative estimate of drug-likeness (QED) is 0.587. The maximum absolute atomic E-state index is 12.8. The molecule has 120 valence electrons. The van der Waals surface area contributed by atoms with Crippen molar-refractivity contribution >= 4 is 5.78 Å². The lowest BCUT2D eigenvalue weighted by atomic mass is 9.46. The van der Waals surface area contributed by atoms with Gasteiger partial charge in [-0.05, 0) is 79.1 Å². The van der Waals surface area contributed by atoms with Gasteiger partial charge in [0.2, 0.25) is 0 Å². The van der Waals surface area contributed by atoms with Gasteiger partial charge in [0.05, 0.1) is 0 Å². The van der Waals surface area contributed by atoms with E-state index in [-0.39, 0.29) is 5.41 Å².